The lowest BCUT2D eigenvalue weighted by Gasteiger charge is -2.17. The van der Waals surface area contributed by atoms with E-state index in [1.165, 1.54) is 29.2 Å². The number of halogens is 1. The molecule has 0 unspecified atom stereocenters. The van der Waals surface area contributed by atoms with Crippen LogP contribution in [0.25, 0.3) is 0 Å². The van der Waals surface area contributed by atoms with Gasteiger partial charge in [-0.3, -0.25) is 0 Å². The van der Waals surface area contributed by atoms with Crippen LogP contribution in [0.2, 0.25) is 0 Å². The summed E-state index contributed by atoms with van der Waals surface area (Å²) in [5.74, 6) is 0.455. The fraction of sp³-hybridized carbons (Fsp3) is 0.231. The van der Waals surface area contributed by atoms with Crippen molar-refractivity contribution in [2.24, 2.45) is 7.05 Å². The number of nitrogens with zero attached hydrogens (tertiary/aromatic N) is 3. The minimum absolute atomic E-state index is 0.269. The van der Waals surface area contributed by atoms with Gasteiger partial charge in [-0.05, 0) is 24.3 Å². The van der Waals surface area contributed by atoms with E-state index in [2.05, 4.69) is 10.3 Å². The summed E-state index contributed by atoms with van der Waals surface area (Å²) in [6.07, 6.45) is 3.50. The molecular weight excluding hydrogens is 247 g/mol. The summed E-state index contributed by atoms with van der Waals surface area (Å²) in [5.41, 5.74) is 0.554. The smallest absolute Gasteiger partial charge is 0.321 e. The first kappa shape index (κ1) is 13.1. The first-order chi connectivity index (χ1) is 9.06. The average molecular weight is 262 g/mol. The fourth-order valence-corrected chi connectivity index (χ4v) is 1.58. The van der Waals surface area contributed by atoms with Crippen molar-refractivity contribution in [1.82, 2.24) is 14.5 Å². The summed E-state index contributed by atoms with van der Waals surface area (Å²) in [5, 5.41) is 2.68. The van der Waals surface area contributed by atoms with Crippen LogP contribution < -0.4 is 5.32 Å². The standard InChI is InChI=1S/C13H15FN4O/c1-17-8-7-15-12(17)9-18(2)13(19)16-11-5-3-10(14)4-6-11/h3-8H,9H2,1-2H3,(H,16,19). The normalized spacial score (nSPS) is 10.3. The molecule has 1 N–H and O–H groups in total. The Bertz CT molecular complexity index is 564. The molecular formula is C13H15FN4O. The van der Waals surface area contributed by atoms with Crippen LogP contribution in [0.15, 0.2) is 36.7 Å². The molecule has 100 valence electrons. The highest BCUT2D eigenvalue weighted by Gasteiger charge is 2.11. The molecule has 0 fully saturated rings. The van der Waals surface area contributed by atoms with Crippen molar-refractivity contribution in [3.05, 3.63) is 48.3 Å². The summed E-state index contributed by atoms with van der Waals surface area (Å²) in [6.45, 7) is 0.399. The topological polar surface area (TPSA) is 50.2 Å². The number of aryl methyl sites for hydroxylation is 1. The molecule has 19 heavy (non-hydrogen) atoms. The monoisotopic (exact) mass is 262 g/mol. The van der Waals surface area contributed by atoms with E-state index in [1.807, 2.05) is 17.8 Å². The van der Waals surface area contributed by atoms with E-state index in [1.54, 1.807) is 13.2 Å². The average Bonchev–Trinajstić information content (AvgIpc) is 2.78. The van der Waals surface area contributed by atoms with Gasteiger partial charge in [-0.1, -0.05) is 0 Å². The second-order valence-electron chi connectivity index (χ2n) is 4.25. The zero-order valence-electron chi connectivity index (χ0n) is 10.8. The first-order valence-electron chi connectivity index (χ1n) is 5.80. The van der Waals surface area contributed by atoms with Crippen LogP contribution in [0.4, 0.5) is 14.9 Å². The summed E-state index contributed by atoms with van der Waals surface area (Å²) in [7, 11) is 3.54. The zero-order chi connectivity index (χ0) is 13.8. The van der Waals surface area contributed by atoms with Gasteiger partial charge in [-0.2, -0.15) is 0 Å². The predicted molar refractivity (Wildman–Crippen MR) is 70.1 cm³/mol. The molecule has 2 amide bonds. The number of carbonyl (C=O) groups is 1. The Hall–Kier alpha value is -2.37. The maximum absolute atomic E-state index is 12.7. The van der Waals surface area contributed by atoms with Crippen LogP contribution in [0, 0.1) is 5.82 Å². The molecule has 0 radical (unpaired) electrons. The zero-order valence-corrected chi connectivity index (χ0v) is 10.8. The van der Waals surface area contributed by atoms with E-state index in [0.29, 0.717) is 12.2 Å². The number of rotatable bonds is 3. The molecule has 2 rings (SSSR count). The lowest BCUT2D eigenvalue weighted by atomic mass is 10.3. The minimum atomic E-state index is -0.334. The number of benzene rings is 1. The van der Waals surface area contributed by atoms with Gasteiger partial charge in [0.25, 0.3) is 0 Å². The Kier molecular flexibility index (Phi) is 3.79. The van der Waals surface area contributed by atoms with Crippen molar-refractivity contribution in [3.8, 4) is 0 Å². The molecule has 0 saturated carbocycles. The second-order valence-corrected chi connectivity index (χ2v) is 4.25. The molecule has 1 aromatic heterocycles. The Labute approximate surface area is 110 Å². The van der Waals surface area contributed by atoms with E-state index >= 15 is 0 Å². The Morgan fingerprint density at radius 1 is 1.42 bits per heavy atom. The molecule has 2 aromatic rings. The molecule has 0 atom stereocenters. The highest BCUT2D eigenvalue weighted by molar-refractivity contribution is 5.88. The third-order valence-corrected chi connectivity index (χ3v) is 2.74. The van der Waals surface area contributed by atoms with Crippen molar-refractivity contribution in [2.45, 2.75) is 6.54 Å². The maximum atomic E-state index is 12.7. The number of amides is 2. The van der Waals surface area contributed by atoms with Gasteiger partial charge in [0.2, 0.25) is 0 Å². The van der Waals surface area contributed by atoms with E-state index in [9.17, 15) is 9.18 Å². The lowest BCUT2D eigenvalue weighted by molar-refractivity contribution is 0.219. The fourth-order valence-electron chi connectivity index (χ4n) is 1.58. The number of imidazole rings is 1. The summed E-state index contributed by atoms with van der Waals surface area (Å²) < 4.78 is 14.6. The molecule has 6 heteroatoms. The van der Waals surface area contributed by atoms with E-state index in [0.717, 1.165) is 5.82 Å². The number of urea groups is 1. The van der Waals surface area contributed by atoms with Gasteiger partial charge < -0.3 is 14.8 Å². The van der Waals surface area contributed by atoms with Gasteiger partial charge >= 0.3 is 6.03 Å². The van der Waals surface area contributed by atoms with Gasteiger partial charge in [-0.25, -0.2) is 14.2 Å². The highest BCUT2D eigenvalue weighted by Crippen LogP contribution is 2.09. The number of hydrogen-bond acceptors (Lipinski definition) is 2. The van der Waals surface area contributed by atoms with Gasteiger partial charge in [0, 0.05) is 32.2 Å². The molecule has 0 aliphatic carbocycles. The third kappa shape index (κ3) is 3.31. The number of hydrogen-bond donors (Lipinski definition) is 1. The Morgan fingerprint density at radius 3 is 2.68 bits per heavy atom. The number of carbonyl (C=O) groups excluding carboxylic acids is 1. The Balaban J connectivity index is 1.96. The van der Waals surface area contributed by atoms with Crippen LogP contribution in [-0.4, -0.2) is 27.5 Å². The predicted octanol–water partition coefficient (Wildman–Crippen LogP) is 2.22. The minimum Gasteiger partial charge on any atom is -0.337 e. The molecule has 0 spiro atoms. The summed E-state index contributed by atoms with van der Waals surface area (Å²) in [4.78, 5) is 17.6. The highest BCUT2D eigenvalue weighted by atomic mass is 19.1. The van der Waals surface area contributed by atoms with Gasteiger partial charge in [-0.15, -0.1) is 0 Å². The number of nitrogens with one attached hydrogen (secondary N) is 1. The summed E-state index contributed by atoms with van der Waals surface area (Å²) >= 11 is 0. The molecule has 0 aliphatic heterocycles. The van der Waals surface area contributed by atoms with Gasteiger partial charge in [0.1, 0.15) is 11.6 Å². The van der Waals surface area contributed by atoms with Crippen LogP contribution in [0.3, 0.4) is 0 Å². The lowest BCUT2D eigenvalue weighted by Crippen LogP contribution is -2.31. The molecule has 1 aromatic carbocycles. The molecule has 5 nitrogen and oxygen atoms in total. The molecule has 1 heterocycles. The van der Waals surface area contributed by atoms with Crippen molar-refractivity contribution in [3.63, 3.8) is 0 Å². The second kappa shape index (κ2) is 5.51. The van der Waals surface area contributed by atoms with Crippen LogP contribution in [0.5, 0.6) is 0 Å². The Morgan fingerprint density at radius 2 is 2.11 bits per heavy atom. The molecule has 0 saturated heterocycles. The number of anilines is 1. The summed E-state index contributed by atoms with van der Waals surface area (Å²) in [6, 6.07) is 5.36. The van der Waals surface area contributed by atoms with E-state index in [-0.39, 0.29) is 11.8 Å². The van der Waals surface area contributed by atoms with Crippen molar-refractivity contribution >= 4 is 11.7 Å². The van der Waals surface area contributed by atoms with Crippen molar-refractivity contribution in [1.29, 1.82) is 0 Å². The SMILES string of the molecule is CN(Cc1nccn1C)C(=O)Nc1ccc(F)cc1. The molecule has 0 bridgehead atoms. The van der Waals surface area contributed by atoms with Crippen molar-refractivity contribution in [2.75, 3.05) is 12.4 Å². The van der Waals surface area contributed by atoms with E-state index < -0.39 is 0 Å². The first-order valence-corrected chi connectivity index (χ1v) is 5.80. The largest absolute Gasteiger partial charge is 0.337 e. The number of aromatic nitrogens is 2. The maximum Gasteiger partial charge on any atom is 0.321 e. The van der Waals surface area contributed by atoms with Crippen LogP contribution in [0.1, 0.15) is 5.82 Å². The quantitative estimate of drug-likeness (QED) is 0.922. The van der Waals surface area contributed by atoms with Gasteiger partial charge in [0.15, 0.2) is 0 Å². The molecule has 0 aliphatic rings. The van der Waals surface area contributed by atoms with Crippen molar-refractivity contribution < 1.29 is 9.18 Å². The van der Waals surface area contributed by atoms with Crippen LogP contribution in [-0.2, 0) is 13.6 Å². The van der Waals surface area contributed by atoms with Crippen LogP contribution >= 0.6 is 0 Å². The van der Waals surface area contributed by atoms with Gasteiger partial charge in [0.05, 0.1) is 6.54 Å². The third-order valence-electron chi connectivity index (χ3n) is 2.74. The van der Waals surface area contributed by atoms with E-state index in [4.69, 9.17) is 0 Å².